The van der Waals surface area contributed by atoms with Crippen LogP contribution in [0.4, 0.5) is 5.69 Å². The molecule has 4 heterocycles. The van der Waals surface area contributed by atoms with Crippen LogP contribution in [0.15, 0.2) is 46.3 Å². The number of nitrogens with zero attached hydrogens (tertiary/aromatic N) is 4. The normalized spacial score (nSPS) is 18.0. The van der Waals surface area contributed by atoms with Gasteiger partial charge in [0, 0.05) is 31.9 Å². The molecule has 1 aromatic heterocycles. The van der Waals surface area contributed by atoms with Crippen molar-refractivity contribution >= 4 is 34.3 Å². The fourth-order valence-corrected chi connectivity index (χ4v) is 6.18. The molecule has 10 nitrogen and oxygen atoms in total. The van der Waals surface area contributed by atoms with Gasteiger partial charge in [0.2, 0.25) is 12.7 Å². The monoisotopic (exact) mass is 552 g/mol. The molecule has 3 aliphatic heterocycles. The predicted molar refractivity (Wildman–Crippen MR) is 148 cm³/mol. The van der Waals surface area contributed by atoms with Gasteiger partial charge in [-0.2, -0.15) is 0 Å². The van der Waals surface area contributed by atoms with Gasteiger partial charge in [0.25, 0.3) is 5.56 Å². The first-order valence-corrected chi connectivity index (χ1v) is 14.3. The SMILES string of the molecule is CC[C@@H](Sc1nc2ccc(N3CCOCC3)cc2c(=O)n1Cc1ccc2c(c1)OCO2)C(=O)N1CCOCC1. The van der Waals surface area contributed by atoms with E-state index in [1.165, 1.54) is 11.8 Å². The number of hydrogen-bond donors (Lipinski definition) is 0. The summed E-state index contributed by atoms with van der Waals surface area (Å²) in [5, 5.41) is 0.720. The number of morpholine rings is 2. The van der Waals surface area contributed by atoms with E-state index in [4.69, 9.17) is 23.9 Å². The van der Waals surface area contributed by atoms with Crippen LogP contribution in [-0.4, -0.2) is 85.0 Å². The molecule has 6 rings (SSSR count). The van der Waals surface area contributed by atoms with Gasteiger partial charge in [0.05, 0.1) is 49.1 Å². The molecule has 0 radical (unpaired) electrons. The molecule has 3 aromatic rings. The summed E-state index contributed by atoms with van der Waals surface area (Å²) in [7, 11) is 0. The second-order valence-electron chi connectivity index (χ2n) is 9.73. The zero-order valence-corrected chi connectivity index (χ0v) is 22.8. The Bertz CT molecular complexity index is 1420. The first kappa shape index (κ1) is 26.0. The standard InChI is InChI=1S/C28H32N4O6S/c1-2-25(27(34)31-9-13-36-14-10-31)39-28-29-22-5-4-20(30-7-11-35-12-8-30)16-21(22)26(33)32(28)17-19-3-6-23-24(15-19)38-18-37-23/h3-6,15-16,25H,2,7-14,17-18H2,1H3/t25-/m1/s1. The van der Waals surface area contributed by atoms with E-state index in [0.717, 1.165) is 24.3 Å². The zero-order valence-electron chi connectivity index (χ0n) is 22.0. The Morgan fingerprint density at radius 2 is 1.72 bits per heavy atom. The maximum Gasteiger partial charge on any atom is 0.262 e. The minimum absolute atomic E-state index is 0.0532. The van der Waals surface area contributed by atoms with E-state index < -0.39 is 0 Å². The van der Waals surface area contributed by atoms with Crippen LogP contribution in [0.25, 0.3) is 10.9 Å². The highest BCUT2D eigenvalue weighted by atomic mass is 32.2. The van der Waals surface area contributed by atoms with Crippen molar-refractivity contribution in [2.24, 2.45) is 0 Å². The van der Waals surface area contributed by atoms with Crippen molar-refractivity contribution in [1.29, 1.82) is 0 Å². The quantitative estimate of drug-likeness (QED) is 0.324. The number of carbonyl (C=O) groups is 1. The lowest BCUT2D eigenvalue weighted by atomic mass is 10.1. The van der Waals surface area contributed by atoms with Crippen LogP contribution in [-0.2, 0) is 20.8 Å². The molecule has 0 saturated carbocycles. The van der Waals surface area contributed by atoms with Crippen molar-refractivity contribution in [1.82, 2.24) is 14.5 Å². The molecule has 206 valence electrons. The van der Waals surface area contributed by atoms with Gasteiger partial charge in [-0.05, 0) is 42.3 Å². The molecule has 0 bridgehead atoms. The highest BCUT2D eigenvalue weighted by molar-refractivity contribution is 8.00. The number of benzene rings is 2. The molecule has 11 heteroatoms. The van der Waals surface area contributed by atoms with Crippen molar-refractivity contribution in [2.75, 3.05) is 64.3 Å². The van der Waals surface area contributed by atoms with Crippen molar-refractivity contribution < 1.29 is 23.7 Å². The Balaban J connectivity index is 1.38. The maximum absolute atomic E-state index is 14.1. The molecule has 2 aromatic carbocycles. The van der Waals surface area contributed by atoms with Gasteiger partial charge in [-0.3, -0.25) is 14.2 Å². The summed E-state index contributed by atoms with van der Waals surface area (Å²) in [6.07, 6.45) is 0.620. The Kier molecular flexibility index (Phi) is 7.62. The molecule has 3 aliphatic rings. The molecule has 39 heavy (non-hydrogen) atoms. The van der Waals surface area contributed by atoms with Gasteiger partial charge >= 0.3 is 0 Å². The van der Waals surface area contributed by atoms with Gasteiger partial charge in [0.1, 0.15) is 0 Å². The van der Waals surface area contributed by atoms with Crippen molar-refractivity contribution in [3.05, 3.63) is 52.3 Å². The summed E-state index contributed by atoms with van der Waals surface area (Å²) in [4.78, 5) is 36.5. The number of carbonyl (C=O) groups excluding carboxylic acids is 1. The lowest BCUT2D eigenvalue weighted by Crippen LogP contribution is -2.44. The van der Waals surface area contributed by atoms with Gasteiger partial charge < -0.3 is 28.7 Å². The highest BCUT2D eigenvalue weighted by Gasteiger charge is 2.28. The molecule has 0 N–H and O–H groups in total. The summed E-state index contributed by atoms with van der Waals surface area (Å²) in [6, 6.07) is 11.5. The van der Waals surface area contributed by atoms with Crippen molar-refractivity contribution in [2.45, 2.75) is 30.3 Å². The number of rotatable bonds is 7. The third-order valence-electron chi connectivity index (χ3n) is 7.27. The lowest BCUT2D eigenvalue weighted by Gasteiger charge is -2.30. The third kappa shape index (κ3) is 5.43. The van der Waals surface area contributed by atoms with Gasteiger partial charge in [0.15, 0.2) is 16.7 Å². The van der Waals surface area contributed by atoms with Crippen LogP contribution >= 0.6 is 11.8 Å². The number of thioether (sulfide) groups is 1. The second-order valence-corrected chi connectivity index (χ2v) is 10.9. The average Bonchev–Trinajstić information content (AvgIpc) is 3.46. The van der Waals surface area contributed by atoms with E-state index >= 15 is 0 Å². The van der Waals surface area contributed by atoms with Crippen molar-refractivity contribution in [3.63, 3.8) is 0 Å². The molecule has 0 unspecified atom stereocenters. The number of anilines is 1. The largest absolute Gasteiger partial charge is 0.454 e. The number of aromatic nitrogens is 2. The molecule has 1 amide bonds. The fourth-order valence-electron chi connectivity index (χ4n) is 5.08. The van der Waals surface area contributed by atoms with E-state index in [2.05, 4.69) is 4.90 Å². The summed E-state index contributed by atoms with van der Waals surface area (Å²) < 4.78 is 23.6. The van der Waals surface area contributed by atoms with Gasteiger partial charge in [-0.15, -0.1) is 0 Å². The van der Waals surface area contributed by atoms with Crippen LogP contribution in [0.1, 0.15) is 18.9 Å². The second kappa shape index (κ2) is 11.4. The predicted octanol–water partition coefficient (Wildman–Crippen LogP) is 2.74. The Morgan fingerprint density at radius 3 is 2.49 bits per heavy atom. The van der Waals surface area contributed by atoms with Crippen LogP contribution in [0.3, 0.4) is 0 Å². The molecular weight excluding hydrogens is 520 g/mol. The Morgan fingerprint density at radius 1 is 0.974 bits per heavy atom. The first-order chi connectivity index (χ1) is 19.1. The minimum atomic E-state index is -0.358. The van der Waals surface area contributed by atoms with Crippen LogP contribution in [0.5, 0.6) is 11.5 Å². The van der Waals surface area contributed by atoms with E-state index in [1.807, 2.05) is 48.2 Å². The fraction of sp³-hybridized carbons (Fsp3) is 0.464. The smallest absolute Gasteiger partial charge is 0.262 e. The molecule has 0 aliphatic carbocycles. The molecular formula is C28H32N4O6S. The Hall–Kier alpha value is -3.28. The third-order valence-corrected chi connectivity index (χ3v) is 8.62. The first-order valence-electron chi connectivity index (χ1n) is 13.4. The lowest BCUT2D eigenvalue weighted by molar-refractivity contribution is -0.134. The van der Waals surface area contributed by atoms with E-state index in [0.29, 0.717) is 80.0 Å². The van der Waals surface area contributed by atoms with E-state index in [9.17, 15) is 9.59 Å². The molecule has 1 atom stereocenters. The van der Waals surface area contributed by atoms with E-state index in [-0.39, 0.29) is 23.5 Å². The van der Waals surface area contributed by atoms with Crippen LogP contribution in [0.2, 0.25) is 0 Å². The summed E-state index contributed by atoms with van der Waals surface area (Å²) in [6.45, 7) is 7.60. The van der Waals surface area contributed by atoms with Crippen LogP contribution < -0.4 is 19.9 Å². The van der Waals surface area contributed by atoms with Gasteiger partial charge in [-0.1, -0.05) is 24.8 Å². The number of hydrogen-bond acceptors (Lipinski definition) is 9. The molecule has 0 spiro atoms. The Labute approximate surface area is 230 Å². The average molecular weight is 553 g/mol. The van der Waals surface area contributed by atoms with E-state index in [1.54, 1.807) is 4.57 Å². The number of amides is 1. The van der Waals surface area contributed by atoms with Gasteiger partial charge in [-0.25, -0.2) is 4.98 Å². The van der Waals surface area contributed by atoms with Crippen molar-refractivity contribution in [3.8, 4) is 11.5 Å². The summed E-state index contributed by atoms with van der Waals surface area (Å²) >= 11 is 1.36. The van der Waals surface area contributed by atoms with Crippen LogP contribution in [0, 0.1) is 0 Å². The summed E-state index contributed by atoms with van der Waals surface area (Å²) in [5.41, 5.74) is 2.36. The topological polar surface area (TPSA) is 95.4 Å². The molecule has 2 saturated heterocycles. The maximum atomic E-state index is 14.1. The summed E-state index contributed by atoms with van der Waals surface area (Å²) in [5.74, 6) is 1.40. The number of ether oxygens (including phenoxy) is 4. The zero-order chi connectivity index (χ0) is 26.8. The highest BCUT2D eigenvalue weighted by Crippen LogP contribution is 2.33. The number of fused-ring (bicyclic) bond motifs is 2. The minimum Gasteiger partial charge on any atom is -0.454 e. The molecule has 2 fully saturated rings.